The smallest absolute Gasteiger partial charge is 0.264 e. The standard InChI is InChI=1S/C21H23FN2O4S2/c1-21(20(25)23-26,30(3,27)28)9-11-24-10-8-15-12-14(4-7-19(15)24)17-6-5-16(29-2)13-18(17)22/h4-8,10,12-13,26H,9,11H2,1-3H3,(H,23,25). The van der Waals surface area contributed by atoms with Crippen LogP contribution < -0.4 is 5.48 Å². The minimum absolute atomic E-state index is 0.0193. The molecule has 0 fully saturated rings. The van der Waals surface area contributed by atoms with Gasteiger partial charge in [0.1, 0.15) is 5.82 Å². The number of hydroxylamine groups is 1. The predicted molar refractivity (Wildman–Crippen MR) is 117 cm³/mol. The van der Waals surface area contributed by atoms with E-state index in [4.69, 9.17) is 5.21 Å². The van der Waals surface area contributed by atoms with E-state index >= 15 is 0 Å². The summed E-state index contributed by atoms with van der Waals surface area (Å²) in [5, 5.41) is 9.82. The summed E-state index contributed by atoms with van der Waals surface area (Å²) in [5.41, 5.74) is 3.54. The van der Waals surface area contributed by atoms with Crippen molar-refractivity contribution < 1.29 is 22.8 Å². The van der Waals surface area contributed by atoms with E-state index < -0.39 is 20.5 Å². The maximum Gasteiger partial charge on any atom is 0.264 e. The maximum atomic E-state index is 14.5. The number of sulfone groups is 1. The fourth-order valence-electron chi connectivity index (χ4n) is 3.34. The lowest BCUT2D eigenvalue weighted by atomic mass is 10.0. The van der Waals surface area contributed by atoms with Crippen LogP contribution in [0.2, 0.25) is 0 Å². The van der Waals surface area contributed by atoms with Crippen LogP contribution in [0, 0.1) is 5.82 Å². The number of hydrogen-bond acceptors (Lipinski definition) is 5. The summed E-state index contributed by atoms with van der Waals surface area (Å²) in [6, 6.07) is 12.5. The third-order valence-corrected chi connectivity index (χ3v) is 8.24. The van der Waals surface area contributed by atoms with Gasteiger partial charge in [-0.25, -0.2) is 18.3 Å². The van der Waals surface area contributed by atoms with Gasteiger partial charge in [0.25, 0.3) is 5.91 Å². The number of benzene rings is 2. The van der Waals surface area contributed by atoms with Crippen LogP contribution in [0.3, 0.4) is 0 Å². The zero-order chi connectivity index (χ0) is 22.1. The number of nitrogens with one attached hydrogen (secondary N) is 1. The number of nitrogens with zero attached hydrogens (tertiary/aromatic N) is 1. The van der Waals surface area contributed by atoms with E-state index in [1.165, 1.54) is 30.2 Å². The lowest BCUT2D eigenvalue weighted by Crippen LogP contribution is -2.49. The van der Waals surface area contributed by atoms with Gasteiger partial charge in [-0.1, -0.05) is 12.1 Å². The van der Waals surface area contributed by atoms with Crippen LogP contribution in [0.25, 0.3) is 22.0 Å². The summed E-state index contributed by atoms with van der Waals surface area (Å²) in [7, 11) is -3.76. The van der Waals surface area contributed by atoms with Crippen molar-refractivity contribution in [3.8, 4) is 11.1 Å². The second kappa shape index (κ2) is 8.41. The molecule has 0 spiro atoms. The lowest BCUT2D eigenvalue weighted by molar-refractivity contribution is -0.131. The molecule has 0 bridgehead atoms. The molecule has 0 saturated heterocycles. The van der Waals surface area contributed by atoms with Crippen molar-refractivity contribution in [2.75, 3.05) is 12.5 Å². The fraction of sp³-hybridized carbons (Fsp3) is 0.286. The van der Waals surface area contributed by atoms with Crippen LogP contribution >= 0.6 is 11.8 Å². The van der Waals surface area contributed by atoms with Crippen LogP contribution in [0.1, 0.15) is 13.3 Å². The van der Waals surface area contributed by atoms with Crippen molar-refractivity contribution in [1.29, 1.82) is 0 Å². The molecule has 2 aromatic carbocycles. The molecule has 1 heterocycles. The second-order valence-electron chi connectivity index (χ2n) is 7.32. The molecule has 1 amide bonds. The van der Waals surface area contributed by atoms with E-state index in [1.807, 2.05) is 41.2 Å². The number of amides is 1. The molecule has 6 nitrogen and oxygen atoms in total. The molecule has 0 saturated carbocycles. The molecular formula is C21H23FN2O4S2. The number of halogens is 1. The Balaban J connectivity index is 1.90. The zero-order valence-electron chi connectivity index (χ0n) is 16.8. The second-order valence-corrected chi connectivity index (χ2v) is 10.6. The number of carbonyl (C=O) groups excluding carboxylic acids is 1. The molecule has 2 N–H and O–H groups in total. The van der Waals surface area contributed by atoms with Crippen LogP contribution in [0.5, 0.6) is 0 Å². The largest absolute Gasteiger partial charge is 0.347 e. The van der Waals surface area contributed by atoms with Gasteiger partial charge >= 0.3 is 0 Å². The number of fused-ring (bicyclic) bond motifs is 1. The highest BCUT2D eigenvalue weighted by Crippen LogP contribution is 2.30. The number of carbonyl (C=O) groups is 1. The monoisotopic (exact) mass is 450 g/mol. The summed E-state index contributed by atoms with van der Waals surface area (Å²) < 4.78 is 38.8. The Morgan fingerprint density at radius 1 is 1.23 bits per heavy atom. The Kier molecular flexibility index (Phi) is 6.26. The van der Waals surface area contributed by atoms with Gasteiger partial charge in [-0.2, -0.15) is 0 Å². The summed E-state index contributed by atoms with van der Waals surface area (Å²) in [5.74, 6) is -1.26. The van der Waals surface area contributed by atoms with Gasteiger partial charge in [0, 0.05) is 40.4 Å². The van der Waals surface area contributed by atoms with Gasteiger partial charge in [-0.05, 0) is 55.5 Å². The Morgan fingerprint density at radius 3 is 2.57 bits per heavy atom. The van der Waals surface area contributed by atoms with Gasteiger partial charge in [-0.15, -0.1) is 11.8 Å². The van der Waals surface area contributed by atoms with E-state index in [0.29, 0.717) is 5.56 Å². The maximum absolute atomic E-state index is 14.5. The topological polar surface area (TPSA) is 88.4 Å². The Morgan fingerprint density at radius 2 is 1.97 bits per heavy atom. The first-order valence-corrected chi connectivity index (χ1v) is 12.3. The first-order chi connectivity index (χ1) is 14.1. The van der Waals surface area contributed by atoms with Crippen molar-refractivity contribution in [1.82, 2.24) is 10.0 Å². The van der Waals surface area contributed by atoms with Crippen molar-refractivity contribution in [3.63, 3.8) is 0 Å². The number of rotatable bonds is 7. The number of aryl methyl sites for hydroxylation is 1. The van der Waals surface area contributed by atoms with Gasteiger partial charge in [-0.3, -0.25) is 10.0 Å². The SMILES string of the molecule is CSc1ccc(-c2ccc3c(ccn3CCC(C)(C(=O)NO)S(C)(=O)=O)c2)c(F)c1. The number of hydrogen-bond donors (Lipinski definition) is 2. The minimum Gasteiger partial charge on any atom is -0.347 e. The lowest BCUT2D eigenvalue weighted by Gasteiger charge is -2.25. The highest BCUT2D eigenvalue weighted by atomic mass is 32.2. The highest BCUT2D eigenvalue weighted by Gasteiger charge is 2.43. The third kappa shape index (κ3) is 4.10. The quantitative estimate of drug-likeness (QED) is 0.324. The molecule has 3 rings (SSSR count). The molecule has 1 aromatic heterocycles. The minimum atomic E-state index is -3.76. The molecule has 30 heavy (non-hydrogen) atoms. The Hall–Kier alpha value is -2.36. The molecule has 1 unspecified atom stereocenters. The fourth-order valence-corrected chi connectivity index (χ4v) is 4.61. The first-order valence-electron chi connectivity index (χ1n) is 9.17. The molecule has 0 radical (unpaired) electrons. The van der Waals surface area contributed by atoms with Gasteiger partial charge in [0.05, 0.1) is 0 Å². The summed E-state index contributed by atoms with van der Waals surface area (Å²) in [4.78, 5) is 12.8. The molecule has 9 heteroatoms. The molecule has 1 atom stereocenters. The Labute approximate surface area is 179 Å². The number of aromatic nitrogens is 1. The molecule has 3 aromatic rings. The van der Waals surface area contributed by atoms with Crippen molar-refractivity contribution in [2.24, 2.45) is 0 Å². The van der Waals surface area contributed by atoms with Crippen LogP contribution in [0.15, 0.2) is 53.6 Å². The first kappa shape index (κ1) is 22.3. The predicted octanol–water partition coefficient (Wildman–Crippen LogP) is 3.87. The van der Waals surface area contributed by atoms with Crippen LogP contribution in [-0.2, 0) is 21.2 Å². The van der Waals surface area contributed by atoms with Crippen LogP contribution in [0.4, 0.5) is 4.39 Å². The summed E-state index contributed by atoms with van der Waals surface area (Å²) >= 11 is 1.48. The summed E-state index contributed by atoms with van der Waals surface area (Å²) in [6.45, 7) is 1.54. The Bertz CT molecular complexity index is 1210. The molecule has 0 aliphatic heterocycles. The number of thioether (sulfide) groups is 1. The van der Waals surface area contributed by atoms with E-state index in [-0.39, 0.29) is 18.8 Å². The zero-order valence-corrected chi connectivity index (χ0v) is 18.5. The highest BCUT2D eigenvalue weighted by molar-refractivity contribution is 7.98. The van der Waals surface area contributed by atoms with Gasteiger partial charge < -0.3 is 4.57 Å². The van der Waals surface area contributed by atoms with E-state index in [2.05, 4.69) is 0 Å². The average molecular weight is 451 g/mol. The van der Waals surface area contributed by atoms with Crippen molar-refractivity contribution >= 4 is 38.4 Å². The molecular weight excluding hydrogens is 427 g/mol. The van der Waals surface area contributed by atoms with Gasteiger partial charge in [0.15, 0.2) is 14.6 Å². The molecule has 0 aliphatic rings. The van der Waals surface area contributed by atoms with Gasteiger partial charge in [0.2, 0.25) is 0 Å². The van der Waals surface area contributed by atoms with Crippen LogP contribution in [-0.4, -0.2) is 41.4 Å². The molecule has 0 aliphatic carbocycles. The normalized spacial score (nSPS) is 13.9. The van der Waals surface area contributed by atoms with E-state index in [1.54, 1.807) is 12.3 Å². The average Bonchev–Trinajstić information content (AvgIpc) is 3.12. The third-order valence-electron chi connectivity index (χ3n) is 5.49. The van der Waals surface area contributed by atoms with Crippen molar-refractivity contribution in [2.45, 2.75) is 29.5 Å². The van der Waals surface area contributed by atoms with Crippen molar-refractivity contribution in [3.05, 3.63) is 54.5 Å². The summed E-state index contributed by atoms with van der Waals surface area (Å²) in [6.07, 6.45) is 4.64. The van der Waals surface area contributed by atoms with E-state index in [9.17, 15) is 17.6 Å². The molecule has 160 valence electrons. The van der Waals surface area contributed by atoms with E-state index in [0.717, 1.165) is 27.6 Å².